The van der Waals surface area contributed by atoms with Gasteiger partial charge in [-0.2, -0.15) is 5.10 Å². The summed E-state index contributed by atoms with van der Waals surface area (Å²) < 4.78 is 6.87. The first-order chi connectivity index (χ1) is 13.1. The Morgan fingerprint density at radius 1 is 1.07 bits per heavy atom. The van der Waals surface area contributed by atoms with Crippen molar-refractivity contribution in [2.45, 2.75) is 0 Å². The molecule has 4 rings (SSSR count). The van der Waals surface area contributed by atoms with Crippen LogP contribution in [-0.2, 0) is 0 Å². The number of amides is 1. The number of halogens is 2. The number of carbonyl (C=O) groups is 1. The van der Waals surface area contributed by atoms with Crippen LogP contribution in [0.4, 0.5) is 0 Å². The Labute approximate surface area is 171 Å². The van der Waals surface area contributed by atoms with Crippen molar-refractivity contribution in [3.8, 4) is 11.1 Å². The highest BCUT2D eigenvalue weighted by atomic mass is 79.9. The van der Waals surface area contributed by atoms with Gasteiger partial charge in [0.25, 0.3) is 5.91 Å². The molecular formula is C20H13Br2N3O2. The molecule has 134 valence electrons. The van der Waals surface area contributed by atoms with Gasteiger partial charge >= 0.3 is 0 Å². The second-order valence-corrected chi connectivity index (χ2v) is 7.47. The van der Waals surface area contributed by atoms with Crippen molar-refractivity contribution in [3.63, 3.8) is 0 Å². The Morgan fingerprint density at radius 2 is 1.89 bits per heavy atom. The number of aromatic amines is 1. The minimum absolute atomic E-state index is 0.331. The van der Waals surface area contributed by atoms with Gasteiger partial charge in [-0.3, -0.25) is 4.79 Å². The summed E-state index contributed by atoms with van der Waals surface area (Å²) in [7, 11) is 0. The summed E-state index contributed by atoms with van der Waals surface area (Å²) >= 11 is 6.73. The lowest BCUT2D eigenvalue weighted by Gasteiger charge is -2.04. The minimum Gasteiger partial charge on any atom is -0.448 e. The predicted molar refractivity (Wildman–Crippen MR) is 113 cm³/mol. The predicted octanol–water partition coefficient (Wildman–Crippen LogP) is 5.72. The summed E-state index contributed by atoms with van der Waals surface area (Å²) in [6, 6.07) is 19.2. The van der Waals surface area contributed by atoms with E-state index in [0.29, 0.717) is 16.1 Å². The summed E-state index contributed by atoms with van der Waals surface area (Å²) in [4.78, 5) is 16.0. The van der Waals surface area contributed by atoms with Crippen molar-refractivity contribution >= 4 is 54.9 Å². The average Bonchev–Trinajstić information content (AvgIpc) is 3.25. The number of benzene rings is 2. The molecule has 0 atom stereocenters. The molecule has 0 aliphatic rings. The van der Waals surface area contributed by atoms with E-state index in [1.165, 1.54) is 6.21 Å². The first kappa shape index (κ1) is 17.8. The number of H-pyrrole nitrogens is 1. The highest BCUT2D eigenvalue weighted by Gasteiger charge is 2.19. The average molecular weight is 487 g/mol. The molecule has 27 heavy (non-hydrogen) atoms. The van der Waals surface area contributed by atoms with Gasteiger partial charge in [-0.25, -0.2) is 5.43 Å². The van der Waals surface area contributed by atoms with Gasteiger partial charge in [-0.05, 0) is 51.8 Å². The molecule has 0 unspecified atom stereocenters. The van der Waals surface area contributed by atoms with Crippen molar-refractivity contribution in [2.24, 2.45) is 5.10 Å². The third-order valence-corrected chi connectivity index (χ3v) is 4.92. The summed E-state index contributed by atoms with van der Waals surface area (Å²) in [5, 5.41) is 4.94. The fourth-order valence-corrected chi connectivity index (χ4v) is 3.53. The van der Waals surface area contributed by atoms with Crippen LogP contribution in [0, 0.1) is 0 Å². The van der Waals surface area contributed by atoms with E-state index in [2.05, 4.69) is 47.4 Å². The van der Waals surface area contributed by atoms with Crippen molar-refractivity contribution in [1.82, 2.24) is 10.4 Å². The second kappa shape index (κ2) is 7.54. The maximum atomic E-state index is 12.8. The number of furan rings is 1. The molecule has 1 amide bonds. The van der Waals surface area contributed by atoms with E-state index in [9.17, 15) is 4.79 Å². The van der Waals surface area contributed by atoms with Crippen molar-refractivity contribution in [3.05, 3.63) is 81.3 Å². The lowest BCUT2D eigenvalue weighted by atomic mass is 10.0. The maximum Gasteiger partial charge on any atom is 0.288 e. The molecule has 2 heterocycles. The standard InChI is InChI=1S/C20H13Br2N3O2/c21-13-6-8-16-15(10-13)18(12-4-2-1-3-5-12)19(24-16)20(26)25-23-11-14-7-9-17(22)27-14/h1-11,24H,(H,25,26)/b23-11+. The molecule has 4 aromatic rings. The summed E-state index contributed by atoms with van der Waals surface area (Å²) in [5.74, 6) is 0.203. The number of hydrogen-bond donors (Lipinski definition) is 2. The summed E-state index contributed by atoms with van der Waals surface area (Å²) in [6.07, 6.45) is 1.45. The van der Waals surface area contributed by atoms with Gasteiger partial charge in [-0.15, -0.1) is 0 Å². The molecule has 0 radical (unpaired) electrons. The molecule has 0 bridgehead atoms. The molecule has 2 aromatic carbocycles. The number of nitrogens with zero attached hydrogens (tertiary/aromatic N) is 1. The van der Waals surface area contributed by atoms with Crippen LogP contribution in [0.15, 0.2) is 79.3 Å². The van der Waals surface area contributed by atoms with Crippen LogP contribution >= 0.6 is 31.9 Å². The SMILES string of the molecule is O=C(N/N=C/c1ccc(Br)o1)c1[nH]c2ccc(Br)cc2c1-c1ccccc1. The van der Waals surface area contributed by atoms with E-state index < -0.39 is 0 Å². The van der Waals surface area contributed by atoms with E-state index in [1.807, 2.05) is 48.5 Å². The normalized spacial score (nSPS) is 11.3. The lowest BCUT2D eigenvalue weighted by molar-refractivity contribution is 0.0951. The lowest BCUT2D eigenvalue weighted by Crippen LogP contribution is -2.18. The zero-order valence-electron chi connectivity index (χ0n) is 13.9. The van der Waals surface area contributed by atoms with Crippen LogP contribution in [0.1, 0.15) is 16.2 Å². The van der Waals surface area contributed by atoms with Gasteiger partial charge < -0.3 is 9.40 Å². The molecular weight excluding hydrogens is 474 g/mol. The smallest absolute Gasteiger partial charge is 0.288 e. The second-order valence-electron chi connectivity index (χ2n) is 5.77. The molecule has 0 spiro atoms. The third-order valence-electron chi connectivity index (χ3n) is 4.00. The zero-order chi connectivity index (χ0) is 18.8. The third kappa shape index (κ3) is 3.74. The van der Waals surface area contributed by atoms with Crippen molar-refractivity contribution in [1.29, 1.82) is 0 Å². The number of hydrogen-bond acceptors (Lipinski definition) is 3. The largest absolute Gasteiger partial charge is 0.448 e. The first-order valence-corrected chi connectivity index (χ1v) is 9.66. The maximum absolute atomic E-state index is 12.8. The molecule has 2 N–H and O–H groups in total. The number of carbonyl (C=O) groups excluding carboxylic acids is 1. The molecule has 0 saturated carbocycles. The molecule has 0 fully saturated rings. The Bertz CT molecular complexity index is 1150. The number of nitrogens with one attached hydrogen (secondary N) is 2. The van der Waals surface area contributed by atoms with Gasteiger partial charge in [-0.1, -0.05) is 46.3 Å². The Balaban J connectivity index is 1.72. The molecule has 0 saturated heterocycles. The monoisotopic (exact) mass is 485 g/mol. The number of fused-ring (bicyclic) bond motifs is 1. The van der Waals surface area contributed by atoms with Crippen molar-refractivity contribution in [2.75, 3.05) is 0 Å². The molecule has 5 nitrogen and oxygen atoms in total. The van der Waals surface area contributed by atoms with Crippen LogP contribution in [0.5, 0.6) is 0 Å². The molecule has 2 aromatic heterocycles. The van der Waals surface area contributed by atoms with Crippen LogP contribution in [0.2, 0.25) is 0 Å². The summed E-state index contributed by atoms with van der Waals surface area (Å²) in [6.45, 7) is 0. The van der Waals surface area contributed by atoms with E-state index in [1.54, 1.807) is 12.1 Å². The topological polar surface area (TPSA) is 70.4 Å². The van der Waals surface area contributed by atoms with E-state index in [-0.39, 0.29) is 5.91 Å². The van der Waals surface area contributed by atoms with E-state index in [4.69, 9.17) is 4.42 Å². The van der Waals surface area contributed by atoms with Crippen LogP contribution < -0.4 is 5.43 Å². The van der Waals surface area contributed by atoms with E-state index in [0.717, 1.165) is 26.5 Å². The van der Waals surface area contributed by atoms with Gasteiger partial charge in [0.1, 0.15) is 11.5 Å². The van der Waals surface area contributed by atoms with Gasteiger partial charge in [0, 0.05) is 20.9 Å². The van der Waals surface area contributed by atoms with Gasteiger partial charge in [0.15, 0.2) is 4.67 Å². The molecule has 0 aliphatic heterocycles. The Morgan fingerprint density at radius 3 is 2.63 bits per heavy atom. The number of hydrazone groups is 1. The van der Waals surface area contributed by atoms with Crippen LogP contribution in [-0.4, -0.2) is 17.1 Å². The van der Waals surface area contributed by atoms with Crippen LogP contribution in [0.25, 0.3) is 22.0 Å². The highest BCUT2D eigenvalue weighted by Crippen LogP contribution is 2.34. The fourth-order valence-electron chi connectivity index (χ4n) is 2.85. The molecule has 7 heteroatoms. The summed E-state index contributed by atoms with van der Waals surface area (Å²) in [5.41, 5.74) is 5.67. The zero-order valence-corrected chi connectivity index (χ0v) is 17.0. The molecule has 0 aliphatic carbocycles. The van der Waals surface area contributed by atoms with Gasteiger partial charge in [0.05, 0.1) is 6.21 Å². The number of rotatable bonds is 4. The van der Waals surface area contributed by atoms with Gasteiger partial charge in [0.2, 0.25) is 0 Å². The first-order valence-electron chi connectivity index (χ1n) is 8.07. The Hall–Kier alpha value is -2.64. The van der Waals surface area contributed by atoms with Crippen molar-refractivity contribution < 1.29 is 9.21 Å². The Kier molecular flexibility index (Phi) is 4.96. The van der Waals surface area contributed by atoms with E-state index >= 15 is 0 Å². The fraction of sp³-hybridized carbons (Fsp3) is 0. The number of aromatic nitrogens is 1. The minimum atomic E-state index is -0.331. The quantitative estimate of drug-likeness (QED) is 0.286. The highest BCUT2D eigenvalue weighted by molar-refractivity contribution is 9.10. The van der Waals surface area contributed by atoms with Crippen LogP contribution in [0.3, 0.4) is 0 Å².